The number of carbonyl (C=O) groups is 1. The van der Waals surface area contributed by atoms with E-state index in [-0.39, 0.29) is 11.9 Å². The first-order valence-electron chi connectivity index (χ1n) is 4.51. The Morgan fingerprint density at radius 3 is 3.07 bits per heavy atom. The standard InChI is InChI=1S/C9H10N4OS/c1-13-8(14)4-7(12-9(13)15)6-2-3-10-5-11-6/h2-3,5,7H,4H2,1H3,(H,12,15). The molecular weight excluding hydrogens is 212 g/mol. The SMILES string of the molecule is CN1C(=O)CC(c2ccncn2)NC1=S. The summed E-state index contributed by atoms with van der Waals surface area (Å²) >= 11 is 5.03. The molecule has 1 saturated heterocycles. The minimum Gasteiger partial charge on any atom is -0.353 e. The first-order valence-corrected chi connectivity index (χ1v) is 4.92. The Bertz CT molecular complexity index is 376. The van der Waals surface area contributed by atoms with Crippen LogP contribution in [0.1, 0.15) is 18.2 Å². The van der Waals surface area contributed by atoms with Crippen LogP contribution in [0.2, 0.25) is 0 Å². The van der Waals surface area contributed by atoms with Gasteiger partial charge in [0.15, 0.2) is 5.11 Å². The van der Waals surface area contributed by atoms with E-state index in [1.165, 1.54) is 11.2 Å². The second-order valence-electron chi connectivity index (χ2n) is 3.29. The Morgan fingerprint density at radius 1 is 1.67 bits per heavy atom. The van der Waals surface area contributed by atoms with Crippen molar-refractivity contribution >= 4 is 23.2 Å². The van der Waals surface area contributed by atoms with Crippen molar-refractivity contribution in [2.45, 2.75) is 12.5 Å². The van der Waals surface area contributed by atoms with Gasteiger partial charge in [0.2, 0.25) is 5.91 Å². The van der Waals surface area contributed by atoms with E-state index in [1.54, 1.807) is 19.3 Å². The van der Waals surface area contributed by atoms with E-state index in [0.29, 0.717) is 11.5 Å². The molecule has 1 amide bonds. The molecule has 1 aliphatic heterocycles. The van der Waals surface area contributed by atoms with E-state index >= 15 is 0 Å². The Balaban J connectivity index is 2.20. The number of hydrogen-bond acceptors (Lipinski definition) is 4. The summed E-state index contributed by atoms with van der Waals surface area (Å²) in [6.07, 6.45) is 3.48. The lowest BCUT2D eigenvalue weighted by Gasteiger charge is -2.30. The Kier molecular flexibility index (Phi) is 2.59. The fourth-order valence-corrected chi connectivity index (χ4v) is 1.65. The molecule has 2 heterocycles. The summed E-state index contributed by atoms with van der Waals surface area (Å²) in [6.45, 7) is 0. The second-order valence-corrected chi connectivity index (χ2v) is 3.68. The first-order chi connectivity index (χ1) is 7.18. The number of nitrogens with zero attached hydrogens (tertiary/aromatic N) is 3. The highest BCUT2D eigenvalue weighted by molar-refractivity contribution is 7.80. The molecule has 1 aromatic rings. The van der Waals surface area contributed by atoms with Gasteiger partial charge in [0.1, 0.15) is 6.33 Å². The molecule has 6 heteroatoms. The molecule has 15 heavy (non-hydrogen) atoms. The molecule has 1 aliphatic rings. The maximum atomic E-state index is 11.5. The third-order valence-electron chi connectivity index (χ3n) is 2.32. The van der Waals surface area contributed by atoms with Gasteiger partial charge in [-0.25, -0.2) is 9.97 Å². The van der Waals surface area contributed by atoms with Crippen LogP contribution >= 0.6 is 12.2 Å². The number of rotatable bonds is 1. The molecule has 78 valence electrons. The summed E-state index contributed by atoms with van der Waals surface area (Å²) in [7, 11) is 1.66. The first kappa shape index (κ1) is 9.97. The topological polar surface area (TPSA) is 58.1 Å². The summed E-state index contributed by atoms with van der Waals surface area (Å²) < 4.78 is 0. The maximum absolute atomic E-state index is 11.5. The van der Waals surface area contributed by atoms with Crippen LogP contribution in [0.4, 0.5) is 0 Å². The lowest BCUT2D eigenvalue weighted by atomic mass is 10.1. The Hall–Kier alpha value is -1.56. The zero-order chi connectivity index (χ0) is 10.8. The minimum atomic E-state index is -0.135. The van der Waals surface area contributed by atoms with Gasteiger partial charge < -0.3 is 5.32 Å². The lowest BCUT2D eigenvalue weighted by molar-refractivity contribution is -0.128. The van der Waals surface area contributed by atoms with Crippen molar-refractivity contribution in [2.75, 3.05) is 7.05 Å². The van der Waals surface area contributed by atoms with Crippen LogP contribution in [0.5, 0.6) is 0 Å². The van der Waals surface area contributed by atoms with Crippen LogP contribution in [0.3, 0.4) is 0 Å². The molecule has 0 bridgehead atoms. The molecule has 1 unspecified atom stereocenters. The van der Waals surface area contributed by atoms with Gasteiger partial charge in [-0.3, -0.25) is 9.69 Å². The van der Waals surface area contributed by atoms with E-state index in [0.717, 1.165) is 5.69 Å². The second kappa shape index (κ2) is 3.90. The van der Waals surface area contributed by atoms with Crippen molar-refractivity contribution in [2.24, 2.45) is 0 Å². The zero-order valence-electron chi connectivity index (χ0n) is 8.17. The van der Waals surface area contributed by atoms with Crippen molar-refractivity contribution < 1.29 is 4.79 Å². The number of thiocarbonyl (C=S) groups is 1. The highest BCUT2D eigenvalue weighted by Gasteiger charge is 2.28. The molecule has 1 atom stereocenters. The Labute approximate surface area is 92.5 Å². The van der Waals surface area contributed by atoms with Crippen LogP contribution in [-0.4, -0.2) is 32.9 Å². The van der Waals surface area contributed by atoms with Crippen LogP contribution in [0, 0.1) is 0 Å². The smallest absolute Gasteiger partial charge is 0.230 e. The zero-order valence-corrected chi connectivity index (χ0v) is 8.99. The third kappa shape index (κ3) is 1.94. The predicted molar refractivity (Wildman–Crippen MR) is 57.9 cm³/mol. The number of amides is 1. The van der Waals surface area contributed by atoms with Crippen LogP contribution in [0.15, 0.2) is 18.6 Å². The van der Waals surface area contributed by atoms with Crippen LogP contribution < -0.4 is 5.32 Å². The maximum Gasteiger partial charge on any atom is 0.230 e. The van der Waals surface area contributed by atoms with Crippen molar-refractivity contribution in [1.82, 2.24) is 20.2 Å². The molecule has 0 aliphatic carbocycles. The van der Waals surface area contributed by atoms with Crippen molar-refractivity contribution in [1.29, 1.82) is 0 Å². The summed E-state index contributed by atoms with van der Waals surface area (Å²) in [5.41, 5.74) is 0.786. The highest BCUT2D eigenvalue weighted by atomic mass is 32.1. The lowest BCUT2D eigenvalue weighted by Crippen LogP contribution is -2.49. The number of nitrogens with one attached hydrogen (secondary N) is 1. The summed E-state index contributed by atoms with van der Waals surface area (Å²) in [6, 6.07) is 1.64. The largest absolute Gasteiger partial charge is 0.353 e. The van der Waals surface area contributed by atoms with Crippen molar-refractivity contribution in [3.63, 3.8) is 0 Å². The molecule has 0 saturated carbocycles. The fourth-order valence-electron chi connectivity index (χ4n) is 1.41. The molecule has 1 fully saturated rings. The molecular formula is C9H10N4OS. The summed E-state index contributed by atoms with van der Waals surface area (Å²) in [5.74, 6) is 0.00219. The van der Waals surface area contributed by atoms with E-state index in [4.69, 9.17) is 12.2 Å². The number of hydrogen-bond donors (Lipinski definition) is 1. The molecule has 0 spiro atoms. The summed E-state index contributed by atoms with van der Waals surface area (Å²) in [4.78, 5) is 20.9. The van der Waals surface area contributed by atoms with Gasteiger partial charge in [-0.1, -0.05) is 0 Å². The molecule has 2 rings (SSSR count). The average molecular weight is 222 g/mol. The third-order valence-corrected chi connectivity index (χ3v) is 2.71. The van der Waals surface area contributed by atoms with Gasteiger partial charge in [-0.05, 0) is 18.3 Å². The molecule has 1 aromatic heterocycles. The fraction of sp³-hybridized carbons (Fsp3) is 0.333. The van der Waals surface area contributed by atoms with Gasteiger partial charge in [0.05, 0.1) is 18.2 Å². The average Bonchev–Trinajstić information content (AvgIpc) is 2.26. The molecule has 1 N–H and O–H groups in total. The van der Waals surface area contributed by atoms with E-state index in [2.05, 4.69) is 15.3 Å². The van der Waals surface area contributed by atoms with E-state index < -0.39 is 0 Å². The van der Waals surface area contributed by atoms with Gasteiger partial charge in [-0.15, -0.1) is 0 Å². The molecule has 0 radical (unpaired) electrons. The van der Waals surface area contributed by atoms with Crippen LogP contribution in [-0.2, 0) is 4.79 Å². The summed E-state index contributed by atoms with van der Waals surface area (Å²) in [5, 5.41) is 3.50. The molecule has 5 nitrogen and oxygen atoms in total. The van der Waals surface area contributed by atoms with E-state index in [9.17, 15) is 4.79 Å². The molecule has 0 aromatic carbocycles. The Morgan fingerprint density at radius 2 is 2.47 bits per heavy atom. The predicted octanol–water partition coefficient (Wildman–Crippen LogP) is 0.254. The highest BCUT2D eigenvalue weighted by Crippen LogP contribution is 2.18. The van der Waals surface area contributed by atoms with Gasteiger partial charge in [-0.2, -0.15) is 0 Å². The van der Waals surface area contributed by atoms with Gasteiger partial charge in [0.25, 0.3) is 0 Å². The minimum absolute atomic E-state index is 0.00219. The van der Waals surface area contributed by atoms with Gasteiger partial charge >= 0.3 is 0 Å². The van der Waals surface area contributed by atoms with Crippen LogP contribution in [0.25, 0.3) is 0 Å². The number of carbonyl (C=O) groups excluding carboxylic acids is 1. The normalized spacial score (nSPS) is 21.4. The van der Waals surface area contributed by atoms with Gasteiger partial charge in [0, 0.05) is 13.2 Å². The van der Waals surface area contributed by atoms with Crippen molar-refractivity contribution in [3.05, 3.63) is 24.3 Å². The van der Waals surface area contributed by atoms with Crippen molar-refractivity contribution in [3.8, 4) is 0 Å². The van der Waals surface area contributed by atoms with E-state index in [1.807, 2.05) is 0 Å². The number of aromatic nitrogens is 2. The monoisotopic (exact) mass is 222 g/mol. The quantitative estimate of drug-likeness (QED) is 0.690.